The Morgan fingerprint density at radius 2 is 1.61 bits per heavy atom. The molecule has 1 nitrogen and oxygen atoms in total. The maximum Gasteiger partial charge on any atom is 0.0897 e. The largest absolute Gasteiger partial charge is 0.312 e. The minimum absolute atomic E-state index is 0.168. The van der Waals surface area contributed by atoms with Crippen LogP contribution in [0.15, 0.2) is 0 Å². The van der Waals surface area contributed by atoms with Crippen molar-refractivity contribution in [2.45, 2.75) is 79.3 Å². The second-order valence-electron chi connectivity index (χ2n) is 6.52. The average molecular weight is 259 g/mol. The van der Waals surface area contributed by atoms with Gasteiger partial charge in [-0.2, -0.15) is 0 Å². The molecule has 0 saturated heterocycles. The van der Waals surface area contributed by atoms with Crippen molar-refractivity contribution in [1.29, 1.82) is 0 Å². The lowest BCUT2D eigenvalue weighted by Crippen LogP contribution is -2.39. The Labute approximate surface area is 114 Å². The van der Waals surface area contributed by atoms with E-state index in [2.05, 4.69) is 46.9 Å². The highest BCUT2D eigenvalue weighted by Crippen LogP contribution is 2.26. The Morgan fingerprint density at radius 1 is 1.00 bits per heavy atom. The summed E-state index contributed by atoms with van der Waals surface area (Å²) in [7, 11) is 0. The van der Waals surface area contributed by atoms with E-state index < -0.39 is 0 Å². The van der Waals surface area contributed by atoms with E-state index in [9.17, 15) is 4.39 Å². The third kappa shape index (κ3) is 8.07. The summed E-state index contributed by atoms with van der Waals surface area (Å²) < 4.78 is 12.6. The molecule has 0 amide bonds. The first-order valence-corrected chi connectivity index (χ1v) is 7.72. The van der Waals surface area contributed by atoms with Crippen molar-refractivity contribution in [3.63, 3.8) is 0 Å². The minimum Gasteiger partial charge on any atom is -0.312 e. The molecule has 2 heteroatoms. The summed E-state index contributed by atoms with van der Waals surface area (Å²) in [5.74, 6) is 1.85. The first-order valence-electron chi connectivity index (χ1n) is 7.72. The molecule has 0 aliphatic carbocycles. The van der Waals surface area contributed by atoms with Crippen LogP contribution >= 0.6 is 0 Å². The fourth-order valence-electron chi connectivity index (χ4n) is 2.96. The zero-order valence-electron chi connectivity index (χ0n) is 13.3. The highest BCUT2D eigenvalue weighted by Gasteiger charge is 2.21. The zero-order chi connectivity index (χ0) is 14.1. The molecule has 0 heterocycles. The number of alkyl halides is 1. The monoisotopic (exact) mass is 259 g/mol. The molecule has 0 radical (unpaired) electrons. The molecule has 110 valence electrons. The van der Waals surface area contributed by atoms with Crippen LogP contribution in [-0.2, 0) is 0 Å². The van der Waals surface area contributed by atoms with Crippen molar-refractivity contribution in [1.82, 2.24) is 5.32 Å². The molecule has 18 heavy (non-hydrogen) atoms. The van der Waals surface area contributed by atoms with Gasteiger partial charge in [0.2, 0.25) is 0 Å². The summed E-state index contributed by atoms with van der Waals surface area (Å²) in [6, 6.07) is 1.10. The number of hydrogen-bond acceptors (Lipinski definition) is 1. The summed E-state index contributed by atoms with van der Waals surface area (Å²) in [6.07, 6.45) is 4.21. The second-order valence-corrected chi connectivity index (χ2v) is 6.52. The lowest BCUT2D eigenvalue weighted by molar-refractivity contribution is 0.242. The summed E-state index contributed by atoms with van der Waals surface area (Å²) in [5, 5.41) is 3.64. The van der Waals surface area contributed by atoms with Crippen molar-refractivity contribution in [3.8, 4) is 0 Å². The van der Waals surface area contributed by atoms with E-state index in [1.807, 2.05) is 0 Å². The van der Waals surface area contributed by atoms with E-state index in [1.54, 1.807) is 0 Å². The highest BCUT2D eigenvalue weighted by atomic mass is 19.1. The third-order valence-electron chi connectivity index (χ3n) is 3.70. The van der Waals surface area contributed by atoms with Crippen molar-refractivity contribution >= 4 is 0 Å². The van der Waals surface area contributed by atoms with Gasteiger partial charge in [-0.25, -0.2) is 0 Å². The fourth-order valence-corrected chi connectivity index (χ4v) is 2.96. The summed E-state index contributed by atoms with van der Waals surface area (Å²) in [6.45, 7) is 13.3. The van der Waals surface area contributed by atoms with Crippen LogP contribution in [0.2, 0.25) is 0 Å². The molecule has 3 unspecified atom stereocenters. The number of hydrogen-bond donors (Lipinski definition) is 1. The van der Waals surface area contributed by atoms with Gasteiger partial charge in [-0.05, 0) is 43.4 Å². The van der Waals surface area contributed by atoms with E-state index in [1.165, 1.54) is 0 Å². The van der Waals surface area contributed by atoms with Gasteiger partial charge in [0.05, 0.1) is 6.67 Å². The summed E-state index contributed by atoms with van der Waals surface area (Å²) in [5.41, 5.74) is 0. The Hall–Kier alpha value is -0.110. The molecule has 0 aromatic carbocycles. The van der Waals surface area contributed by atoms with Gasteiger partial charge >= 0.3 is 0 Å². The maximum atomic E-state index is 12.6. The number of halogens is 1. The molecule has 0 aliphatic rings. The highest BCUT2D eigenvalue weighted by molar-refractivity contribution is 4.77. The molecular formula is C16H34FN. The van der Waals surface area contributed by atoms with Gasteiger partial charge in [-0.3, -0.25) is 4.39 Å². The van der Waals surface area contributed by atoms with Crippen molar-refractivity contribution in [2.75, 3.05) is 6.67 Å². The van der Waals surface area contributed by atoms with Crippen molar-refractivity contribution in [3.05, 3.63) is 0 Å². The first kappa shape index (κ1) is 17.9. The van der Waals surface area contributed by atoms with Crippen LogP contribution in [0.4, 0.5) is 4.39 Å². The van der Waals surface area contributed by atoms with E-state index in [4.69, 9.17) is 0 Å². The van der Waals surface area contributed by atoms with Gasteiger partial charge in [0, 0.05) is 12.1 Å². The molecule has 1 N–H and O–H groups in total. The first-order chi connectivity index (χ1) is 8.40. The molecule has 0 bridgehead atoms. The van der Waals surface area contributed by atoms with Gasteiger partial charge in [0.25, 0.3) is 0 Å². The average Bonchev–Trinajstić information content (AvgIpc) is 2.24. The van der Waals surface area contributed by atoms with Crippen LogP contribution in [0, 0.1) is 17.8 Å². The number of rotatable bonds is 10. The van der Waals surface area contributed by atoms with Gasteiger partial charge in [-0.15, -0.1) is 0 Å². The van der Waals surface area contributed by atoms with Gasteiger partial charge in [-0.1, -0.05) is 41.5 Å². The molecule has 0 fully saturated rings. The van der Waals surface area contributed by atoms with Crippen LogP contribution < -0.4 is 5.32 Å². The SMILES string of the molecule is CCC(NC(C)C)C(C)CC(CCF)CC(C)C. The zero-order valence-corrected chi connectivity index (χ0v) is 13.3. The summed E-state index contributed by atoms with van der Waals surface area (Å²) >= 11 is 0. The molecular weight excluding hydrogens is 225 g/mol. The van der Waals surface area contributed by atoms with Crippen molar-refractivity contribution in [2.24, 2.45) is 17.8 Å². The van der Waals surface area contributed by atoms with Crippen LogP contribution in [-0.4, -0.2) is 18.8 Å². The molecule has 3 atom stereocenters. The fraction of sp³-hybridized carbons (Fsp3) is 1.00. The molecule has 0 aromatic heterocycles. The lowest BCUT2D eigenvalue weighted by atomic mass is 9.83. The van der Waals surface area contributed by atoms with Gasteiger partial charge < -0.3 is 5.32 Å². The van der Waals surface area contributed by atoms with Crippen LogP contribution in [0.5, 0.6) is 0 Å². The Kier molecular flexibility index (Phi) is 9.71. The van der Waals surface area contributed by atoms with Crippen molar-refractivity contribution < 1.29 is 4.39 Å². The van der Waals surface area contributed by atoms with Crippen LogP contribution in [0.3, 0.4) is 0 Å². The maximum absolute atomic E-state index is 12.6. The van der Waals surface area contributed by atoms with Gasteiger partial charge in [0.15, 0.2) is 0 Å². The van der Waals surface area contributed by atoms with Gasteiger partial charge in [0.1, 0.15) is 0 Å². The summed E-state index contributed by atoms with van der Waals surface area (Å²) in [4.78, 5) is 0. The Bertz CT molecular complexity index is 192. The molecule has 0 aromatic rings. The van der Waals surface area contributed by atoms with Crippen LogP contribution in [0.25, 0.3) is 0 Å². The smallest absolute Gasteiger partial charge is 0.0897 e. The molecule has 0 rings (SSSR count). The Balaban J connectivity index is 4.31. The third-order valence-corrected chi connectivity index (χ3v) is 3.70. The van der Waals surface area contributed by atoms with E-state index >= 15 is 0 Å². The van der Waals surface area contributed by atoms with Crippen LogP contribution in [0.1, 0.15) is 67.2 Å². The topological polar surface area (TPSA) is 12.0 Å². The Morgan fingerprint density at radius 3 is 2.00 bits per heavy atom. The predicted octanol–water partition coefficient (Wildman–Crippen LogP) is 4.81. The standard InChI is InChI=1S/C16H34FN/c1-7-16(18-13(4)5)14(6)11-15(8-9-17)10-12(2)3/h12-16,18H,7-11H2,1-6H3. The number of nitrogens with one attached hydrogen (secondary N) is 1. The predicted molar refractivity (Wildman–Crippen MR) is 79.7 cm³/mol. The second kappa shape index (κ2) is 9.77. The molecule has 0 aliphatic heterocycles. The normalized spacial score (nSPS) is 17.2. The van der Waals surface area contributed by atoms with E-state index in [0.717, 1.165) is 25.7 Å². The van der Waals surface area contributed by atoms with E-state index in [-0.39, 0.29) is 6.67 Å². The molecule has 0 saturated carbocycles. The quantitative estimate of drug-likeness (QED) is 0.593. The molecule has 0 spiro atoms. The minimum atomic E-state index is -0.168. The van der Waals surface area contributed by atoms with E-state index in [0.29, 0.717) is 29.8 Å². The lowest BCUT2D eigenvalue weighted by Gasteiger charge is -2.29.